The number of rotatable bonds is 4. The summed E-state index contributed by atoms with van der Waals surface area (Å²) >= 11 is 0. The molecule has 6 rings (SSSR count). The molecule has 38 heavy (non-hydrogen) atoms. The Morgan fingerprint density at radius 1 is 1.16 bits per heavy atom. The lowest BCUT2D eigenvalue weighted by molar-refractivity contribution is -0.148. The van der Waals surface area contributed by atoms with Crippen molar-refractivity contribution in [3.8, 4) is 0 Å². The maximum absolute atomic E-state index is 13.7. The minimum Gasteiger partial charge on any atom is -0.469 e. The van der Waals surface area contributed by atoms with Gasteiger partial charge in [-0.1, -0.05) is 30.3 Å². The molecule has 2 aromatic heterocycles. The van der Waals surface area contributed by atoms with Gasteiger partial charge in [0, 0.05) is 23.4 Å². The monoisotopic (exact) mass is 529 g/mol. The van der Waals surface area contributed by atoms with Crippen molar-refractivity contribution >= 4 is 16.9 Å². The van der Waals surface area contributed by atoms with Crippen molar-refractivity contribution in [2.75, 3.05) is 13.7 Å². The molecular formula is C26H23F4N5O3. The van der Waals surface area contributed by atoms with Gasteiger partial charge in [-0.2, -0.15) is 13.2 Å². The fraction of sp³-hybridized carbons (Fsp3) is 0.385. The van der Waals surface area contributed by atoms with E-state index in [1.54, 1.807) is 18.2 Å². The van der Waals surface area contributed by atoms with E-state index < -0.39 is 23.5 Å². The van der Waals surface area contributed by atoms with Gasteiger partial charge in [0.1, 0.15) is 5.82 Å². The molecule has 12 heteroatoms. The van der Waals surface area contributed by atoms with Crippen LogP contribution in [-0.2, 0) is 20.4 Å². The van der Waals surface area contributed by atoms with Crippen molar-refractivity contribution in [1.29, 1.82) is 0 Å². The molecule has 1 aliphatic carbocycles. The number of nitrogens with zero attached hydrogens (tertiary/aromatic N) is 5. The molecule has 1 aliphatic heterocycles. The fourth-order valence-corrected chi connectivity index (χ4v) is 6.28. The highest BCUT2D eigenvalue weighted by atomic mass is 19.4. The van der Waals surface area contributed by atoms with Gasteiger partial charge in [0.2, 0.25) is 0 Å². The molecule has 1 saturated heterocycles. The van der Waals surface area contributed by atoms with Gasteiger partial charge in [-0.15, -0.1) is 9.89 Å². The molecule has 0 amide bonds. The number of aromatic nitrogens is 5. The molecule has 0 radical (unpaired) electrons. The summed E-state index contributed by atoms with van der Waals surface area (Å²) in [6, 6.07) is 13.3. The number of benzene rings is 2. The molecule has 3 heterocycles. The Morgan fingerprint density at radius 3 is 2.68 bits per heavy atom. The highest BCUT2D eigenvalue weighted by Gasteiger charge is 2.56. The Labute approximate surface area is 214 Å². The molecule has 8 nitrogen and oxygen atoms in total. The minimum atomic E-state index is -4.75. The van der Waals surface area contributed by atoms with Crippen LogP contribution >= 0.6 is 0 Å². The van der Waals surface area contributed by atoms with Crippen LogP contribution in [0.15, 0.2) is 54.7 Å². The maximum Gasteiger partial charge on any atom is 0.455 e. The van der Waals surface area contributed by atoms with Crippen LogP contribution in [0.1, 0.15) is 48.0 Å². The summed E-state index contributed by atoms with van der Waals surface area (Å²) in [4.78, 5) is 13.4. The van der Waals surface area contributed by atoms with Crippen molar-refractivity contribution in [2.45, 2.75) is 42.9 Å². The first kappa shape index (κ1) is 24.5. The number of alkyl halides is 3. The van der Waals surface area contributed by atoms with E-state index in [0.717, 1.165) is 16.5 Å². The summed E-state index contributed by atoms with van der Waals surface area (Å²) in [7, 11) is 1.34. The predicted octanol–water partition coefficient (Wildman–Crippen LogP) is 4.71. The largest absolute Gasteiger partial charge is 0.469 e. The standard InChI is InChI=1S/C26H23F4N5O3/c1-37-23(36)20-9-11-25(21(20)15-5-7-18(27)8-6-15)13-17(14-38-25)19-4-2-3-16-10-12-34(22(16)19)35-24(26(28,29)30)31-32-33-35/h2-8,10,12,17,20-21H,9,11,13-14H2,1H3. The third-order valence-corrected chi connectivity index (χ3v) is 7.82. The smallest absolute Gasteiger partial charge is 0.455 e. The SMILES string of the molecule is COC(=O)C1CCC2(CC(c3cccc4ccn(-n5nnnc5C(F)(F)F)c34)CO2)C1c1ccc(F)cc1. The Hall–Kier alpha value is -3.80. The van der Waals surface area contributed by atoms with E-state index in [4.69, 9.17) is 9.47 Å². The summed E-state index contributed by atoms with van der Waals surface area (Å²) in [6.07, 6.45) is -1.59. The molecule has 2 aromatic carbocycles. The average molecular weight is 529 g/mol. The van der Waals surface area contributed by atoms with Crippen molar-refractivity contribution < 1.29 is 31.8 Å². The molecule has 4 unspecified atom stereocenters. The van der Waals surface area contributed by atoms with E-state index >= 15 is 0 Å². The van der Waals surface area contributed by atoms with Crippen LogP contribution in [0.3, 0.4) is 0 Å². The zero-order valence-corrected chi connectivity index (χ0v) is 20.2. The second kappa shape index (κ2) is 8.90. The summed E-state index contributed by atoms with van der Waals surface area (Å²) in [5.74, 6) is -2.97. The summed E-state index contributed by atoms with van der Waals surface area (Å²) in [5.41, 5.74) is 1.39. The first-order valence-corrected chi connectivity index (χ1v) is 12.2. The second-order valence-corrected chi connectivity index (χ2v) is 9.81. The molecule has 0 N–H and O–H groups in total. The molecule has 1 spiro atoms. The number of tetrazole rings is 1. The Bertz CT molecular complexity index is 1500. The number of esters is 1. The van der Waals surface area contributed by atoms with E-state index in [-0.39, 0.29) is 23.6 Å². The van der Waals surface area contributed by atoms with Crippen LogP contribution in [-0.4, -0.2) is 50.3 Å². The zero-order valence-electron chi connectivity index (χ0n) is 20.2. The fourth-order valence-electron chi connectivity index (χ4n) is 6.28. The van der Waals surface area contributed by atoms with Crippen molar-refractivity contribution in [3.05, 3.63) is 77.5 Å². The number of methoxy groups -OCH3 is 1. The lowest BCUT2D eigenvalue weighted by Gasteiger charge is -2.33. The van der Waals surface area contributed by atoms with Gasteiger partial charge in [-0.3, -0.25) is 4.79 Å². The predicted molar refractivity (Wildman–Crippen MR) is 125 cm³/mol. The Morgan fingerprint density at radius 2 is 1.95 bits per heavy atom. The van der Waals surface area contributed by atoms with Crippen molar-refractivity contribution in [1.82, 2.24) is 25.0 Å². The van der Waals surface area contributed by atoms with Crippen LogP contribution in [0.5, 0.6) is 0 Å². The Kier molecular flexibility index (Phi) is 5.74. The number of fused-ring (bicyclic) bond motifs is 1. The average Bonchev–Trinajstić information content (AvgIpc) is 3.69. The Balaban J connectivity index is 1.41. The molecule has 2 aliphatic rings. The summed E-state index contributed by atoms with van der Waals surface area (Å²) < 4.78 is 67.3. The van der Waals surface area contributed by atoms with E-state index in [1.165, 1.54) is 30.1 Å². The van der Waals surface area contributed by atoms with Gasteiger partial charge < -0.3 is 9.47 Å². The van der Waals surface area contributed by atoms with Crippen LogP contribution < -0.4 is 0 Å². The van der Waals surface area contributed by atoms with Gasteiger partial charge in [0.25, 0.3) is 5.82 Å². The van der Waals surface area contributed by atoms with Crippen LogP contribution in [0.25, 0.3) is 10.9 Å². The van der Waals surface area contributed by atoms with E-state index in [1.807, 2.05) is 18.2 Å². The van der Waals surface area contributed by atoms with Gasteiger partial charge in [-0.25, -0.2) is 9.07 Å². The molecule has 4 aromatic rings. The highest BCUT2D eigenvalue weighted by Crippen LogP contribution is 2.57. The topological polar surface area (TPSA) is 84.1 Å². The van der Waals surface area contributed by atoms with E-state index in [2.05, 4.69) is 15.5 Å². The molecule has 2 fully saturated rings. The number of carbonyl (C=O) groups excluding carboxylic acids is 1. The maximum atomic E-state index is 13.7. The third kappa shape index (κ3) is 3.85. The van der Waals surface area contributed by atoms with Crippen LogP contribution in [0, 0.1) is 11.7 Å². The second-order valence-electron chi connectivity index (χ2n) is 9.81. The zero-order chi connectivity index (χ0) is 26.7. The minimum absolute atomic E-state index is 0.183. The first-order valence-electron chi connectivity index (χ1n) is 12.2. The van der Waals surface area contributed by atoms with Gasteiger partial charge in [0.15, 0.2) is 0 Å². The molecule has 4 atom stereocenters. The molecular weight excluding hydrogens is 506 g/mol. The first-order chi connectivity index (χ1) is 18.2. The molecule has 198 valence electrons. The number of halogens is 4. The normalized spacial score (nSPS) is 25.4. The van der Waals surface area contributed by atoms with Crippen molar-refractivity contribution in [3.63, 3.8) is 0 Å². The molecule has 0 bridgehead atoms. The van der Waals surface area contributed by atoms with Crippen LogP contribution in [0.2, 0.25) is 0 Å². The number of para-hydroxylation sites is 1. The van der Waals surface area contributed by atoms with Gasteiger partial charge in [-0.05, 0) is 59.0 Å². The van der Waals surface area contributed by atoms with Gasteiger partial charge in [0.05, 0.1) is 30.8 Å². The van der Waals surface area contributed by atoms with Crippen molar-refractivity contribution in [2.24, 2.45) is 5.92 Å². The number of ether oxygens (including phenoxy) is 2. The number of hydrogen-bond donors (Lipinski definition) is 0. The summed E-state index contributed by atoms with van der Waals surface area (Å²) in [6.45, 7) is 0.303. The molecule has 1 saturated carbocycles. The highest BCUT2D eigenvalue weighted by molar-refractivity contribution is 5.84. The van der Waals surface area contributed by atoms with E-state index in [9.17, 15) is 22.4 Å². The third-order valence-electron chi connectivity index (χ3n) is 7.82. The van der Waals surface area contributed by atoms with Crippen LogP contribution in [0.4, 0.5) is 17.6 Å². The lowest BCUT2D eigenvalue weighted by atomic mass is 9.76. The summed E-state index contributed by atoms with van der Waals surface area (Å²) in [5, 5.41) is 10.7. The number of hydrogen-bond acceptors (Lipinski definition) is 6. The van der Waals surface area contributed by atoms with Gasteiger partial charge >= 0.3 is 12.1 Å². The lowest BCUT2D eigenvalue weighted by Crippen LogP contribution is -2.35. The van der Waals surface area contributed by atoms with E-state index in [0.29, 0.717) is 36.2 Å². The quantitative estimate of drug-likeness (QED) is 0.281. The number of carbonyl (C=O) groups is 1.